The fourth-order valence-corrected chi connectivity index (χ4v) is 2.74. The third kappa shape index (κ3) is 4.89. The zero-order valence-electron chi connectivity index (χ0n) is 13.6. The molecule has 1 saturated carbocycles. The molecule has 0 saturated heterocycles. The van der Waals surface area contributed by atoms with Crippen molar-refractivity contribution >= 4 is 11.9 Å². The van der Waals surface area contributed by atoms with Gasteiger partial charge < -0.3 is 9.84 Å². The Balaban J connectivity index is 3.26. The molecule has 4 nitrogen and oxygen atoms in total. The van der Waals surface area contributed by atoms with Gasteiger partial charge in [-0.25, -0.2) is 18.4 Å². The highest BCUT2D eigenvalue weighted by Gasteiger charge is 2.78. The van der Waals surface area contributed by atoms with Crippen LogP contribution in [0, 0.1) is 5.92 Å². The van der Waals surface area contributed by atoms with Crippen LogP contribution in [0.1, 0.15) is 32.1 Å². The minimum absolute atomic E-state index is 0.123. The van der Waals surface area contributed by atoms with E-state index in [4.69, 9.17) is 5.11 Å². The second kappa shape index (κ2) is 8.42. The number of alkyl halides is 8. The van der Waals surface area contributed by atoms with Crippen LogP contribution in [0.5, 0.6) is 0 Å². The molecule has 27 heavy (non-hydrogen) atoms. The van der Waals surface area contributed by atoms with Crippen LogP contribution in [-0.2, 0) is 14.3 Å². The minimum Gasteiger partial charge on any atom is -0.478 e. The predicted octanol–water partition coefficient (Wildman–Crippen LogP) is 4.29. The smallest absolute Gasteiger partial charge is 0.381 e. The average Bonchev–Trinajstić information content (AvgIpc) is 2.57. The maximum Gasteiger partial charge on any atom is 0.381 e. The van der Waals surface area contributed by atoms with Crippen molar-refractivity contribution in [3.8, 4) is 0 Å². The Morgan fingerprint density at radius 3 is 1.89 bits per heavy atom. The van der Waals surface area contributed by atoms with Gasteiger partial charge in [0.25, 0.3) is 0 Å². The molecule has 0 aromatic rings. The first-order chi connectivity index (χ1) is 12.2. The highest BCUT2D eigenvalue weighted by Crippen LogP contribution is 2.52. The van der Waals surface area contributed by atoms with Gasteiger partial charge in [0.1, 0.15) is 0 Å². The molecule has 0 spiro atoms. The molecule has 0 aliphatic heterocycles. The lowest BCUT2D eigenvalue weighted by Gasteiger charge is -2.40. The SMILES string of the molecule is O=C(O)C=CC(=O)OC(C1CCCCC1)C(F)(F)C(F)(F)C(F)(F)C(F)F. The maximum atomic E-state index is 14.3. The van der Waals surface area contributed by atoms with E-state index in [0.717, 1.165) is 0 Å². The molecular weight excluding hydrogens is 396 g/mol. The van der Waals surface area contributed by atoms with Gasteiger partial charge in [0.15, 0.2) is 6.10 Å². The van der Waals surface area contributed by atoms with E-state index in [-0.39, 0.29) is 37.8 Å². The van der Waals surface area contributed by atoms with Crippen LogP contribution >= 0.6 is 0 Å². The third-order valence-electron chi connectivity index (χ3n) is 4.15. The Hall–Kier alpha value is -1.88. The quantitative estimate of drug-likeness (QED) is 0.367. The number of ether oxygens (including phenoxy) is 1. The largest absolute Gasteiger partial charge is 0.478 e. The second-order valence-electron chi connectivity index (χ2n) is 6.05. The Morgan fingerprint density at radius 2 is 1.44 bits per heavy atom. The third-order valence-corrected chi connectivity index (χ3v) is 4.15. The summed E-state index contributed by atoms with van der Waals surface area (Å²) in [7, 11) is 0. The molecule has 0 aromatic heterocycles. The van der Waals surface area contributed by atoms with Crippen molar-refractivity contribution in [2.45, 2.75) is 62.4 Å². The summed E-state index contributed by atoms with van der Waals surface area (Å²) in [5.74, 6) is -23.7. The summed E-state index contributed by atoms with van der Waals surface area (Å²) in [6.45, 7) is 0. The number of hydrogen-bond donors (Lipinski definition) is 1. The van der Waals surface area contributed by atoms with Crippen LogP contribution in [0.2, 0.25) is 0 Å². The van der Waals surface area contributed by atoms with Crippen molar-refractivity contribution < 1.29 is 54.6 Å². The normalized spacial score (nSPS) is 18.7. The topological polar surface area (TPSA) is 63.6 Å². The van der Waals surface area contributed by atoms with Crippen LogP contribution in [0.3, 0.4) is 0 Å². The van der Waals surface area contributed by atoms with Crippen molar-refractivity contribution in [2.24, 2.45) is 5.92 Å². The molecule has 1 fully saturated rings. The molecule has 1 aliphatic carbocycles. The number of esters is 1. The summed E-state index contributed by atoms with van der Waals surface area (Å²) >= 11 is 0. The molecule has 1 unspecified atom stereocenters. The van der Waals surface area contributed by atoms with Gasteiger partial charge in [0, 0.05) is 18.1 Å². The summed E-state index contributed by atoms with van der Waals surface area (Å²) in [4.78, 5) is 21.8. The van der Waals surface area contributed by atoms with Crippen molar-refractivity contribution in [2.75, 3.05) is 0 Å². The number of hydrogen-bond acceptors (Lipinski definition) is 3. The number of rotatable bonds is 8. The summed E-state index contributed by atoms with van der Waals surface area (Å²) in [6.07, 6.45) is -7.30. The molecule has 156 valence electrons. The van der Waals surface area contributed by atoms with E-state index in [2.05, 4.69) is 4.74 Å². The standard InChI is InChI=1S/C15H16F8O4/c16-12(17)14(20,21)15(22,23)13(18,19)11(8-4-2-1-3-5-8)27-10(26)7-6-9(24)25/h6-8,11-12H,1-5H2,(H,24,25). The Bertz CT molecular complexity index is 570. The number of halogens is 8. The molecule has 0 heterocycles. The van der Waals surface area contributed by atoms with Gasteiger partial charge in [0.05, 0.1) is 0 Å². The van der Waals surface area contributed by atoms with Crippen LogP contribution in [-0.4, -0.2) is 47.3 Å². The second-order valence-corrected chi connectivity index (χ2v) is 6.05. The van der Waals surface area contributed by atoms with Crippen LogP contribution in [0.15, 0.2) is 12.2 Å². The summed E-state index contributed by atoms with van der Waals surface area (Å²) in [5.41, 5.74) is 0. The van der Waals surface area contributed by atoms with Gasteiger partial charge in [-0.1, -0.05) is 19.3 Å². The van der Waals surface area contributed by atoms with Crippen molar-refractivity contribution in [3.63, 3.8) is 0 Å². The molecule has 1 rings (SSSR count). The first-order valence-corrected chi connectivity index (χ1v) is 7.78. The highest BCUT2D eigenvalue weighted by molar-refractivity contribution is 5.90. The van der Waals surface area contributed by atoms with E-state index in [1.165, 1.54) is 0 Å². The van der Waals surface area contributed by atoms with Gasteiger partial charge >= 0.3 is 36.1 Å². The molecule has 0 bridgehead atoms. The molecule has 0 amide bonds. The molecule has 1 aliphatic rings. The van der Waals surface area contributed by atoms with E-state index in [1.54, 1.807) is 0 Å². The van der Waals surface area contributed by atoms with E-state index in [1.807, 2.05) is 0 Å². The van der Waals surface area contributed by atoms with Gasteiger partial charge in [0.2, 0.25) is 0 Å². The molecule has 0 aromatic carbocycles. The summed E-state index contributed by atoms with van der Waals surface area (Å²) < 4.78 is 111. The number of carbonyl (C=O) groups is 2. The van der Waals surface area contributed by atoms with Crippen molar-refractivity contribution in [1.82, 2.24) is 0 Å². The van der Waals surface area contributed by atoms with E-state index < -0.39 is 48.2 Å². The van der Waals surface area contributed by atoms with E-state index >= 15 is 0 Å². The maximum absolute atomic E-state index is 14.3. The Kier molecular flexibility index (Phi) is 7.23. The van der Waals surface area contributed by atoms with Crippen molar-refractivity contribution in [3.05, 3.63) is 12.2 Å². The van der Waals surface area contributed by atoms with Gasteiger partial charge in [-0.3, -0.25) is 0 Å². The molecule has 0 radical (unpaired) electrons. The number of carbonyl (C=O) groups excluding carboxylic acids is 1. The zero-order valence-corrected chi connectivity index (χ0v) is 13.6. The monoisotopic (exact) mass is 412 g/mol. The van der Waals surface area contributed by atoms with Crippen LogP contribution in [0.4, 0.5) is 35.1 Å². The van der Waals surface area contributed by atoms with Gasteiger partial charge in [-0.2, -0.15) is 26.3 Å². The van der Waals surface area contributed by atoms with Crippen molar-refractivity contribution in [1.29, 1.82) is 0 Å². The molecule has 12 heteroatoms. The van der Waals surface area contributed by atoms with Gasteiger partial charge in [-0.05, 0) is 12.8 Å². The van der Waals surface area contributed by atoms with E-state index in [9.17, 15) is 44.7 Å². The highest BCUT2D eigenvalue weighted by atomic mass is 19.4. The zero-order chi connectivity index (χ0) is 21.0. The lowest BCUT2D eigenvalue weighted by Crippen LogP contribution is -2.64. The summed E-state index contributed by atoms with van der Waals surface area (Å²) in [6, 6.07) is 0. The summed E-state index contributed by atoms with van der Waals surface area (Å²) in [5, 5.41) is 8.36. The molecular formula is C15H16F8O4. The fraction of sp³-hybridized carbons (Fsp3) is 0.733. The van der Waals surface area contributed by atoms with Crippen LogP contribution in [0.25, 0.3) is 0 Å². The first-order valence-electron chi connectivity index (χ1n) is 7.78. The molecule has 1 atom stereocenters. The fourth-order valence-electron chi connectivity index (χ4n) is 2.74. The molecule has 1 N–H and O–H groups in total. The van der Waals surface area contributed by atoms with E-state index in [0.29, 0.717) is 6.42 Å². The average molecular weight is 412 g/mol. The predicted molar refractivity (Wildman–Crippen MR) is 74.1 cm³/mol. The first kappa shape index (κ1) is 23.2. The Labute approximate surface area is 148 Å². The number of carboxylic acid groups (broad SMARTS) is 1. The van der Waals surface area contributed by atoms with Gasteiger partial charge in [-0.15, -0.1) is 0 Å². The lowest BCUT2D eigenvalue weighted by molar-refractivity contribution is -0.360. The Morgan fingerprint density at radius 1 is 0.926 bits per heavy atom. The number of aliphatic carboxylic acids is 1. The van der Waals surface area contributed by atoms with Crippen LogP contribution < -0.4 is 0 Å². The number of carboxylic acids is 1. The minimum atomic E-state index is -6.52. The lowest BCUT2D eigenvalue weighted by atomic mass is 9.80.